The minimum Gasteiger partial charge on any atom is -0.444 e. The van der Waals surface area contributed by atoms with Gasteiger partial charge in [-0.15, -0.1) is 0 Å². The fourth-order valence-corrected chi connectivity index (χ4v) is 2.22. The van der Waals surface area contributed by atoms with Gasteiger partial charge in [-0.3, -0.25) is 0 Å². The van der Waals surface area contributed by atoms with Crippen molar-refractivity contribution in [1.82, 2.24) is 10.2 Å². The van der Waals surface area contributed by atoms with Crippen molar-refractivity contribution in [1.29, 1.82) is 0 Å². The molecule has 2 atom stereocenters. The van der Waals surface area contributed by atoms with E-state index in [-0.39, 0.29) is 12.1 Å². The molecule has 1 amide bonds. The van der Waals surface area contributed by atoms with E-state index in [0.717, 1.165) is 19.4 Å². The monoisotopic (exact) mass is 242 g/mol. The summed E-state index contributed by atoms with van der Waals surface area (Å²) in [6.07, 6.45) is 3.15. The molecule has 0 unspecified atom stereocenters. The molecule has 1 saturated heterocycles. The van der Waals surface area contributed by atoms with Gasteiger partial charge in [-0.1, -0.05) is 0 Å². The first kappa shape index (κ1) is 14.3. The number of ether oxygens (including phenoxy) is 1. The van der Waals surface area contributed by atoms with Gasteiger partial charge in [-0.2, -0.15) is 0 Å². The predicted octanol–water partition coefficient (Wildman–Crippen LogP) is 2.38. The standard InChI is InChI=1S/C13H26N2O2/c1-10(14-5)11-8-6-7-9-15(11)12(16)17-13(2,3)4/h10-11,14H,6-9H2,1-5H3/t10-,11+/m0/s1. The molecule has 17 heavy (non-hydrogen) atoms. The van der Waals surface area contributed by atoms with E-state index >= 15 is 0 Å². The first-order chi connectivity index (χ1) is 7.85. The summed E-state index contributed by atoms with van der Waals surface area (Å²) >= 11 is 0. The summed E-state index contributed by atoms with van der Waals surface area (Å²) in [5, 5.41) is 3.23. The minimum atomic E-state index is -0.415. The fourth-order valence-electron chi connectivity index (χ4n) is 2.22. The highest BCUT2D eigenvalue weighted by Crippen LogP contribution is 2.22. The number of likely N-dealkylation sites (tertiary alicyclic amines) is 1. The summed E-state index contributed by atoms with van der Waals surface area (Å²) in [5.74, 6) is 0. The van der Waals surface area contributed by atoms with Gasteiger partial charge in [0, 0.05) is 12.6 Å². The molecule has 100 valence electrons. The number of amides is 1. The molecule has 1 aliphatic heterocycles. The van der Waals surface area contributed by atoms with Crippen LogP contribution in [0.1, 0.15) is 47.0 Å². The van der Waals surface area contributed by atoms with Gasteiger partial charge in [0.05, 0.1) is 6.04 Å². The molecule has 0 bridgehead atoms. The average Bonchev–Trinajstić information content (AvgIpc) is 2.25. The van der Waals surface area contributed by atoms with E-state index in [1.54, 1.807) is 0 Å². The van der Waals surface area contributed by atoms with Crippen molar-refractivity contribution in [2.45, 2.75) is 64.6 Å². The summed E-state index contributed by atoms with van der Waals surface area (Å²) in [5.41, 5.74) is -0.415. The molecular weight excluding hydrogens is 216 g/mol. The number of rotatable bonds is 2. The smallest absolute Gasteiger partial charge is 0.410 e. The first-order valence-corrected chi connectivity index (χ1v) is 6.52. The van der Waals surface area contributed by atoms with Crippen LogP contribution in [0.15, 0.2) is 0 Å². The summed E-state index contributed by atoms with van der Waals surface area (Å²) < 4.78 is 5.46. The van der Waals surface area contributed by atoms with E-state index in [2.05, 4.69) is 12.2 Å². The number of hydrogen-bond donors (Lipinski definition) is 1. The van der Waals surface area contributed by atoms with Gasteiger partial charge in [0.15, 0.2) is 0 Å². The van der Waals surface area contributed by atoms with E-state index in [1.807, 2.05) is 32.7 Å². The van der Waals surface area contributed by atoms with Crippen molar-refractivity contribution in [2.24, 2.45) is 0 Å². The van der Waals surface area contributed by atoms with Crippen LogP contribution in [0.5, 0.6) is 0 Å². The third-order valence-electron chi connectivity index (χ3n) is 3.21. The maximum atomic E-state index is 12.1. The van der Waals surface area contributed by atoms with Crippen molar-refractivity contribution in [3.05, 3.63) is 0 Å². The summed E-state index contributed by atoms with van der Waals surface area (Å²) in [6.45, 7) is 8.65. The molecule has 1 rings (SSSR count). The second-order valence-corrected chi connectivity index (χ2v) is 5.81. The maximum absolute atomic E-state index is 12.1. The molecule has 4 heteroatoms. The van der Waals surface area contributed by atoms with Crippen LogP contribution in [0.4, 0.5) is 4.79 Å². The first-order valence-electron chi connectivity index (χ1n) is 6.52. The van der Waals surface area contributed by atoms with Crippen molar-refractivity contribution >= 4 is 6.09 Å². The van der Waals surface area contributed by atoms with Crippen LogP contribution in [0.3, 0.4) is 0 Å². The second-order valence-electron chi connectivity index (χ2n) is 5.81. The molecule has 0 aromatic carbocycles. The van der Waals surface area contributed by atoms with Crippen molar-refractivity contribution in [3.8, 4) is 0 Å². The van der Waals surface area contributed by atoms with Gasteiger partial charge < -0.3 is 15.0 Å². The number of hydrogen-bond acceptors (Lipinski definition) is 3. The molecule has 1 fully saturated rings. The van der Waals surface area contributed by atoms with E-state index in [9.17, 15) is 4.79 Å². The molecule has 1 heterocycles. The van der Waals surface area contributed by atoms with Crippen molar-refractivity contribution in [2.75, 3.05) is 13.6 Å². The Labute approximate surface area is 105 Å². The molecule has 0 radical (unpaired) electrons. The lowest BCUT2D eigenvalue weighted by Crippen LogP contribution is -2.53. The van der Waals surface area contributed by atoms with Crippen LogP contribution in [-0.2, 0) is 4.74 Å². The van der Waals surface area contributed by atoms with Crippen molar-refractivity contribution < 1.29 is 9.53 Å². The highest BCUT2D eigenvalue weighted by Gasteiger charge is 2.32. The van der Waals surface area contributed by atoms with Crippen LogP contribution >= 0.6 is 0 Å². The minimum absolute atomic E-state index is 0.177. The van der Waals surface area contributed by atoms with E-state index < -0.39 is 5.60 Å². The van der Waals surface area contributed by atoms with Crippen molar-refractivity contribution in [3.63, 3.8) is 0 Å². The molecular formula is C13H26N2O2. The largest absolute Gasteiger partial charge is 0.444 e. The SMILES string of the molecule is CN[C@@H](C)[C@H]1CCCCN1C(=O)OC(C)(C)C. The molecule has 1 aliphatic rings. The molecule has 0 aromatic heterocycles. The van der Waals surface area contributed by atoms with E-state index in [0.29, 0.717) is 6.04 Å². The number of nitrogens with zero attached hydrogens (tertiary/aromatic N) is 1. The Morgan fingerprint density at radius 1 is 1.41 bits per heavy atom. The lowest BCUT2D eigenvalue weighted by molar-refractivity contribution is 0.00598. The Kier molecular flexibility index (Phi) is 4.80. The zero-order valence-electron chi connectivity index (χ0n) is 11.7. The predicted molar refractivity (Wildman–Crippen MR) is 69.1 cm³/mol. The Balaban J connectivity index is 2.67. The summed E-state index contributed by atoms with van der Waals surface area (Å²) in [4.78, 5) is 14.0. The second kappa shape index (κ2) is 5.71. The van der Waals surface area contributed by atoms with Gasteiger partial charge in [0.2, 0.25) is 0 Å². The number of likely N-dealkylation sites (N-methyl/N-ethyl adjacent to an activating group) is 1. The maximum Gasteiger partial charge on any atom is 0.410 e. The van der Waals surface area contributed by atoms with Gasteiger partial charge in [-0.25, -0.2) is 4.79 Å². The third-order valence-corrected chi connectivity index (χ3v) is 3.21. The number of nitrogens with one attached hydrogen (secondary N) is 1. The average molecular weight is 242 g/mol. The Hall–Kier alpha value is -0.770. The summed E-state index contributed by atoms with van der Waals surface area (Å²) in [6, 6.07) is 0.561. The number of carbonyl (C=O) groups is 1. The third kappa shape index (κ3) is 4.19. The molecule has 0 aliphatic carbocycles. The molecule has 1 N–H and O–H groups in total. The zero-order chi connectivity index (χ0) is 13.1. The van der Waals surface area contributed by atoms with Gasteiger partial charge in [-0.05, 0) is 54.0 Å². The topological polar surface area (TPSA) is 41.6 Å². The number of carbonyl (C=O) groups excluding carboxylic acids is 1. The van der Waals surface area contributed by atoms with E-state index in [4.69, 9.17) is 4.74 Å². The number of piperidine rings is 1. The van der Waals surface area contributed by atoms with Gasteiger partial charge in [0.25, 0.3) is 0 Å². The van der Waals surface area contributed by atoms with Crippen LogP contribution < -0.4 is 5.32 Å². The lowest BCUT2D eigenvalue weighted by atomic mass is 9.97. The molecule has 4 nitrogen and oxygen atoms in total. The van der Waals surface area contributed by atoms with Crippen LogP contribution in [0.2, 0.25) is 0 Å². The molecule has 0 spiro atoms. The molecule has 0 aromatic rings. The van der Waals surface area contributed by atoms with Gasteiger partial charge >= 0.3 is 6.09 Å². The zero-order valence-corrected chi connectivity index (χ0v) is 11.7. The van der Waals surface area contributed by atoms with E-state index in [1.165, 1.54) is 6.42 Å². The quantitative estimate of drug-likeness (QED) is 0.808. The Bertz CT molecular complexity index is 261. The lowest BCUT2D eigenvalue weighted by Gasteiger charge is -2.39. The van der Waals surface area contributed by atoms with Crippen LogP contribution in [0, 0.1) is 0 Å². The highest BCUT2D eigenvalue weighted by atomic mass is 16.6. The normalized spacial score (nSPS) is 23.4. The van der Waals surface area contributed by atoms with Gasteiger partial charge in [0.1, 0.15) is 5.60 Å². The Morgan fingerprint density at radius 2 is 2.06 bits per heavy atom. The Morgan fingerprint density at radius 3 is 2.59 bits per heavy atom. The van der Waals surface area contributed by atoms with Crippen LogP contribution in [-0.4, -0.2) is 42.3 Å². The van der Waals surface area contributed by atoms with Crippen LogP contribution in [0.25, 0.3) is 0 Å². The summed E-state index contributed by atoms with van der Waals surface area (Å²) in [7, 11) is 1.94. The fraction of sp³-hybridized carbons (Fsp3) is 0.923. The highest BCUT2D eigenvalue weighted by molar-refractivity contribution is 5.68. The molecule has 0 saturated carbocycles.